The number of likely N-dealkylation sites (tertiary alicyclic amines) is 1. The minimum atomic E-state index is -1.73. The summed E-state index contributed by atoms with van der Waals surface area (Å²) in [5.74, 6) is -1.28. The van der Waals surface area contributed by atoms with Crippen LogP contribution in [0.15, 0.2) is 0 Å². The Balaban J connectivity index is 2.89. The lowest BCUT2D eigenvalue weighted by molar-refractivity contribution is -0.152. The van der Waals surface area contributed by atoms with Gasteiger partial charge in [0.25, 0.3) is 0 Å². The summed E-state index contributed by atoms with van der Waals surface area (Å²) in [4.78, 5) is 22.2. The Morgan fingerprint density at radius 3 is 2.31 bits per heavy atom. The van der Waals surface area contributed by atoms with Gasteiger partial charge in [-0.3, -0.25) is 10.6 Å². The van der Waals surface area contributed by atoms with E-state index in [2.05, 4.69) is 0 Å². The third-order valence-electron chi connectivity index (χ3n) is 2.27. The van der Waals surface area contributed by atoms with Crippen LogP contribution in [0.4, 0.5) is 4.79 Å². The second-order valence-corrected chi connectivity index (χ2v) is 3.12. The third kappa shape index (κ3) is 1.57. The molecule has 1 saturated heterocycles. The minimum Gasteiger partial charge on any atom is -0.478 e. The van der Waals surface area contributed by atoms with E-state index in [1.54, 1.807) is 0 Å². The van der Waals surface area contributed by atoms with Crippen LogP contribution in [0.1, 0.15) is 19.3 Å². The van der Waals surface area contributed by atoms with E-state index in [0.29, 0.717) is 12.8 Å². The molecule has 0 aliphatic carbocycles. The molecular weight excluding hydrogens is 176 g/mol. The molecule has 1 fully saturated rings. The topological polar surface area (TPSA) is 104 Å². The van der Waals surface area contributed by atoms with Crippen LogP contribution in [0.3, 0.4) is 0 Å². The molecule has 1 heterocycles. The molecule has 0 radical (unpaired) electrons. The molecule has 1 rings (SSSR count). The zero-order chi connectivity index (χ0) is 10.1. The Bertz CT molecular complexity index is 243. The minimum absolute atomic E-state index is 0.175. The predicted molar refractivity (Wildman–Crippen MR) is 43.1 cm³/mol. The maximum atomic E-state index is 10.8. The number of carbonyl (C=O) groups is 2. The highest BCUT2D eigenvalue weighted by molar-refractivity contribution is 5.83. The van der Waals surface area contributed by atoms with E-state index in [4.69, 9.17) is 15.9 Å². The van der Waals surface area contributed by atoms with Crippen molar-refractivity contribution in [1.82, 2.24) is 4.90 Å². The Labute approximate surface area is 74.9 Å². The van der Waals surface area contributed by atoms with Crippen molar-refractivity contribution in [1.29, 1.82) is 0 Å². The maximum absolute atomic E-state index is 10.8. The summed E-state index contributed by atoms with van der Waals surface area (Å²) in [6.45, 7) is 0.193. The first-order valence-corrected chi connectivity index (χ1v) is 4.01. The van der Waals surface area contributed by atoms with Crippen molar-refractivity contribution in [2.24, 2.45) is 5.73 Å². The number of aliphatic carboxylic acids is 1. The smallest absolute Gasteiger partial charge is 0.409 e. The van der Waals surface area contributed by atoms with Gasteiger partial charge in [-0.2, -0.15) is 0 Å². The van der Waals surface area contributed by atoms with Crippen LogP contribution in [0.5, 0.6) is 0 Å². The van der Waals surface area contributed by atoms with Crippen molar-refractivity contribution in [3.63, 3.8) is 0 Å². The fourth-order valence-electron chi connectivity index (χ4n) is 1.49. The highest BCUT2D eigenvalue weighted by atomic mass is 16.4. The molecule has 6 nitrogen and oxygen atoms in total. The molecule has 0 aromatic heterocycles. The summed E-state index contributed by atoms with van der Waals surface area (Å²) >= 11 is 0. The first kappa shape index (κ1) is 9.79. The van der Waals surface area contributed by atoms with E-state index in [-0.39, 0.29) is 13.0 Å². The molecule has 74 valence electrons. The average Bonchev–Trinajstić information content (AvgIpc) is 2.04. The number of hydrogen-bond donors (Lipinski definition) is 3. The quantitative estimate of drug-likeness (QED) is 0.532. The van der Waals surface area contributed by atoms with Gasteiger partial charge in [-0.1, -0.05) is 0 Å². The summed E-state index contributed by atoms with van der Waals surface area (Å²) in [6.07, 6.45) is 0.212. The van der Waals surface area contributed by atoms with Crippen molar-refractivity contribution in [3.05, 3.63) is 0 Å². The second-order valence-electron chi connectivity index (χ2n) is 3.12. The lowest BCUT2D eigenvalue weighted by atomic mass is 9.96. The predicted octanol–water partition coefficient (Wildman–Crippen LogP) is -0.110. The molecule has 1 amide bonds. The fourth-order valence-corrected chi connectivity index (χ4v) is 1.49. The van der Waals surface area contributed by atoms with Gasteiger partial charge >= 0.3 is 12.1 Å². The number of nitrogens with two attached hydrogens (primary N) is 1. The van der Waals surface area contributed by atoms with Crippen LogP contribution in [-0.4, -0.2) is 39.4 Å². The lowest BCUT2D eigenvalue weighted by Gasteiger charge is -2.38. The van der Waals surface area contributed by atoms with Crippen LogP contribution in [-0.2, 0) is 4.79 Å². The molecule has 13 heavy (non-hydrogen) atoms. The van der Waals surface area contributed by atoms with Gasteiger partial charge in [-0.15, -0.1) is 0 Å². The molecule has 1 aliphatic heterocycles. The standard InChI is InChI=1S/C7H12N2O4/c8-7(5(10)11)3-1-2-4-9(7)6(12)13/h1-4,8H2,(H,10,11)(H,12,13). The number of amides is 1. The van der Waals surface area contributed by atoms with Gasteiger partial charge in [0.1, 0.15) is 0 Å². The summed E-state index contributed by atoms with van der Waals surface area (Å²) in [5, 5.41) is 17.5. The third-order valence-corrected chi connectivity index (χ3v) is 2.27. The van der Waals surface area contributed by atoms with Gasteiger partial charge in [0, 0.05) is 6.54 Å². The first-order valence-electron chi connectivity index (χ1n) is 4.01. The van der Waals surface area contributed by atoms with Crippen molar-refractivity contribution in [2.75, 3.05) is 6.54 Å². The van der Waals surface area contributed by atoms with Crippen LogP contribution in [0.2, 0.25) is 0 Å². The van der Waals surface area contributed by atoms with Crippen LogP contribution >= 0.6 is 0 Å². The van der Waals surface area contributed by atoms with Gasteiger partial charge < -0.3 is 10.2 Å². The number of hydrogen-bond acceptors (Lipinski definition) is 3. The summed E-state index contributed by atoms with van der Waals surface area (Å²) < 4.78 is 0. The Morgan fingerprint density at radius 1 is 1.31 bits per heavy atom. The van der Waals surface area contributed by atoms with E-state index < -0.39 is 17.7 Å². The van der Waals surface area contributed by atoms with E-state index in [9.17, 15) is 9.59 Å². The highest BCUT2D eigenvalue weighted by Gasteiger charge is 2.44. The molecule has 0 aromatic carbocycles. The zero-order valence-electron chi connectivity index (χ0n) is 7.06. The number of nitrogens with zero attached hydrogens (tertiary/aromatic N) is 1. The van der Waals surface area contributed by atoms with Crippen LogP contribution < -0.4 is 5.73 Å². The lowest BCUT2D eigenvalue weighted by Crippen LogP contribution is -2.65. The molecule has 1 aliphatic rings. The summed E-state index contributed by atoms with van der Waals surface area (Å²) in [7, 11) is 0. The number of carboxylic acids is 1. The second kappa shape index (κ2) is 3.21. The molecule has 1 unspecified atom stereocenters. The largest absolute Gasteiger partial charge is 0.478 e. The Hall–Kier alpha value is -1.30. The van der Waals surface area contributed by atoms with Crippen molar-refractivity contribution in [2.45, 2.75) is 24.9 Å². The molecule has 0 saturated carbocycles. The van der Waals surface area contributed by atoms with E-state index in [1.807, 2.05) is 0 Å². The molecule has 1 atom stereocenters. The first-order chi connectivity index (χ1) is 5.98. The molecular formula is C7H12N2O4. The fraction of sp³-hybridized carbons (Fsp3) is 0.714. The monoisotopic (exact) mass is 188 g/mol. The number of carboxylic acid groups (broad SMARTS) is 2. The molecule has 0 bridgehead atoms. The van der Waals surface area contributed by atoms with E-state index in [0.717, 1.165) is 4.90 Å². The van der Waals surface area contributed by atoms with Crippen molar-refractivity contribution < 1.29 is 19.8 Å². The molecule has 6 heteroatoms. The van der Waals surface area contributed by atoms with Gasteiger partial charge in [-0.25, -0.2) is 9.59 Å². The van der Waals surface area contributed by atoms with Gasteiger partial charge in [0.15, 0.2) is 5.66 Å². The van der Waals surface area contributed by atoms with Gasteiger partial charge in [0.2, 0.25) is 0 Å². The van der Waals surface area contributed by atoms with Crippen molar-refractivity contribution >= 4 is 12.1 Å². The zero-order valence-corrected chi connectivity index (χ0v) is 7.06. The van der Waals surface area contributed by atoms with Gasteiger partial charge in [-0.05, 0) is 19.3 Å². The van der Waals surface area contributed by atoms with E-state index in [1.165, 1.54) is 0 Å². The molecule has 0 aromatic rings. The average molecular weight is 188 g/mol. The SMILES string of the molecule is NC1(C(=O)O)CCCCN1C(=O)O. The molecule has 4 N–H and O–H groups in total. The number of piperidine rings is 1. The summed E-state index contributed by atoms with van der Waals surface area (Å²) in [5.41, 5.74) is 3.76. The number of rotatable bonds is 1. The summed E-state index contributed by atoms with van der Waals surface area (Å²) in [6, 6.07) is 0. The van der Waals surface area contributed by atoms with E-state index >= 15 is 0 Å². The normalized spacial score (nSPS) is 28.5. The highest BCUT2D eigenvalue weighted by Crippen LogP contribution is 2.23. The van der Waals surface area contributed by atoms with Gasteiger partial charge in [0.05, 0.1) is 0 Å². The van der Waals surface area contributed by atoms with Crippen molar-refractivity contribution in [3.8, 4) is 0 Å². The maximum Gasteiger partial charge on any atom is 0.409 e. The Kier molecular flexibility index (Phi) is 2.42. The molecule has 0 spiro atoms. The van der Waals surface area contributed by atoms with Crippen LogP contribution in [0, 0.1) is 0 Å². The Morgan fingerprint density at radius 2 is 1.92 bits per heavy atom. The van der Waals surface area contributed by atoms with Crippen LogP contribution in [0.25, 0.3) is 0 Å².